The van der Waals surface area contributed by atoms with Crippen LogP contribution in [0.3, 0.4) is 0 Å². The fourth-order valence-corrected chi connectivity index (χ4v) is 3.42. The predicted molar refractivity (Wildman–Crippen MR) is 122 cm³/mol. The fourth-order valence-electron chi connectivity index (χ4n) is 3.42. The molecule has 170 valence electrons. The summed E-state index contributed by atoms with van der Waals surface area (Å²) in [6.07, 6.45) is 2.68. The molecule has 1 N–H and O–H groups in total. The van der Waals surface area contributed by atoms with Crippen LogP contribution >= 0.6 is 0 Å². The molecular weight excluding hydrogens is 426 g/mol. The van der Waals surface area contributed by atoms with Crippen molar-refractivity contribution in [2.75, 3.05) is 26.8 Å². The number of methoxy groups -OCH3 is 3. The van der Waals surface area contributed by atoms with E-state index < -0.39 is 11.5 Å². The van der Waals surface area contributed by atoms with Crippen LogP contribution in [0.5, 0.6) is 17.2 Å². The second kappa shape index (κ2) is 8.65. The van der Waals surface area contributed by atoms with Gasteiger partial charge < -0.3 is 14.2 Å². The minimum Gasteiger partial charge on any atom is -0.493 e. The Balaban J connectivity index is 1.69. The zero-order valence-electron chi connectivity index (χ0n) is 18.9. The highest BCUT2D eigenvalue weighted by Gasteiger charge is 2.18. The van der Waals surface area contributed by atoms with Crippen molar-refractivity contribution in [1.82, 2.24) is 19.4 Å². The van der Waals surface area contributed by atoms with Crippen LogP contribution in [0.1, 0.15) is 21.5 Å². The molecule has 1 amide bonds. The summed E-state index contributed by atoms with van der Waals surface area (Å²) in [5.41, 5.74) is 5.72. The molecule has 0 unspecified atom stereocenters. The number of hydrogen-bond acceptors (Lipinski definition) is 7. The first kappa shape index (κ1) is 21.9. The molecule has 0 bridgehead atoms. The highest BCUT2D eigenvalue weighted by Crippen LogP contribution is 2.38. The van der Waals surface area contributed by atoms with Crippen LogP contribution in [0.15, 0.2) is 47.7 Å². The Morgan fingerprint density at radius 1 is 0.970 bits per heavy atom. The van der Waals surface area contributed by atoms with Crippen molar-refractivity contribution in [3.05, 3.63) is 69.9 Å². The van der Waals surface area contributed by atoms with Gasteiger partial charge in [0.15, 0.2) is 17.1 Å². The molecule has 10 heteroatoms. The molecular formula is C23H23N5O5. The topological polar surface area (TPSA) is 110 Å². The summed E-state index contributed by atoms with van der Waals surface area (Å²) in [5.74, 6) is 0.435. The van der Waals surface area contributed by atoms with Gasteiger partial charge in [0, 0.05) is 5.56 Å². The van der Waals surface area contributed by atoms with Crippen molar-refractivity contribution in [3.8, 4) is 22.9 Å². The smallest absolute Gasteiger partial charge is 0.283 e. The number of amides is 1. The molecule has 33 heavy (non-hydrogen) atoms. The Labute approximate surface area is 189 Å². The summed E-state index contributed by atoms with van der Waals surface area (Å²) in [6.45, 7) is 4.03. The van der Waals surface area contributed by atoms with Gasteiger partial charge in [0.25, 0.3) is 11.5 Å². The zero-order valence-corrected chi connectivity index (χ0v) is 18.9. The molecule has 0 radical (unpaired) electrons. The van der Waals surface area contributed by atoms with Gasteiger partial charge in [-0.1, -0.05) is 6.07 Å². The van der Waals surface area contributed by atoms with E-state index in [1.165, 1.54) is 46.0 Å². The first-order valence-electron chi connectivity index (χ1n) is 10.0. The normalized spacial score (nSPS) is 10.8. The van der Waals surface area contributed by atoms with Crippen LogP contribution in [0.4, 0.5) is 0 Å². The molecule has 0 aliphatic rings. The number of carbonyl (C=O) groups is 1. The molecule has 0 fully saturated rings. The molecule has 10 nitrogen and oxygen atoms in total. The minimum absolute atomic E-state index is 0.210. The molecule has 0 aliphatic heterocycles. The van der Waals surface area contributed by atoms with Gasteiger partial charge in [0.2, 0.25) is 5.75 Å². The summed E-state index contributed by atoms with van der Waals surface area (Å²) in [4.78, 5) is 30.2. The maximum absolute atomic E-state index is 13.0. The van der Waals surface area contributed by atoms with E-state index in [4.69, 9.17) is 14.2 Å². The van der Waals surface area contributed by atoms with E-state index in [1.807, 2.05) is 32.0 Å². The Kier molecular flexibility index (Phi) is 5.74. The maximum Gasteiger partial charge on any atom is 0.283 e. The molecule has 0 atom stereocenters. The van der Waals surface area contributed by atoms with Crippen molar-refractivity contribution in [3.63, 3.8) is 0 Å². The maximum atomic E-state index is 13.0. The van der Waals surface area contributed by atoms with Gasteiger partial charge >= 0.3 is 0 Å². The van der Waals surface area contributed by atoms with Crippen LogP contribution in [-0.4, -0.2) is 46.7 Å². The van der Waals surface area contributed by atoms with Gasteiger partial charge in [-0.3, -0.25) is 15.0 Å². The molecule has 0 spiro atoms. The van der Waals surface area contributed by atoms with E-state index in [2.05, 4.69) is 15.5 Å². The first-order chi connectivity index (χ1) is 15.9. The Hall–Kier alpha value is -4.34. The monoisotopic (exact) mass is 449 g/mol. The lowest BCUT2D eigenvalue weighted by Crippen LogP contribution is -2.33. The van der Waals surface area contributed by atoms with Crippen molar-refractivity contribution in [2.45, 2.75) is 13.8 Å². The number of fused-ring (bicyclic) bond motifs is 1. The summed E-state index contributed by atoms with van der Waals surface area (Å²) in [6, 6.07) is 8.85. The molecule has 4 rings (SSSR count). The van der Waals surface area contributed by atoms with Crippen LogP contribution in [-0.2, 0) is 0 Å². The van der Waals surface area contributed by atoms with Gasteiger partial charge in [-0.25, -0.2) is 14.3 Å². The standard InChI is InChI=1S/C23H23N5O5/c1-13-6-7-16(8-14(13)2)28-21-17(11-25-28)23(30)27(12-24-21)26-22(29)15-9-18(31-3)20(33-5)19(10-15)32-4/h6-12H,1-5H3,(H,26,29). The molecule has 0 aliphatic carbocycles. The number of hydrogen-bond donors (Lipinski definition) is 1. The third-order valence-electron chi connectivity index (χ3n) is 5.37. The van der Waals surface area contributed by atoms with E-state index >= 15 is 0 Å². The first-order valence-corrected chi connectivity index (χ1v) is 10.0. The number of aromatic nitrogens is 4. The lowest BCUT2D eigenvalue weighted by Gasteiger charge is -2.14. The molecule has 2 aromatic heterocycles. The van der Waals surface area contributed by atoms with Gasteiger partial charge in [0.05, 0.1) is 33.2 Å². The van der Waals surface area contributed by atoms with Gasteiger partial charge in [0.1, 0.15) is 11.7 Å². The quantitative estimate of drug-likeness (QED) is 0.482. The third-order valence-corrected chi connectivity index (χ3v) is 5.37. The fraction of sp³-hybridized carbons (Fsp3) is 0.217. The Bertz CT molecular complexity index is 1400. The van der Waals surface area contributed by atoms with Gasteiger partial charge in [-0.05, 0) is 49.2 Å². The second-order valence-electron chi connectivity index (χ2n) is 7.34. The van der Waals surface area contributed by atoms with Crippen LogP contribution < -0.4 is 25.2 Å². The Morgan fingerprint density at radius 2 is 1.67 bits per heavy atom. The lowest BCUT2D eigenvalue weighted by molar-refractivity contribution is 0.101. The average molecular weight is 449 g/mol. The van der Waals surface area contributed by atoms with E-state index in [0.29, 0.717) is 22.9 Å². The van der Waals surface area contributed by atoms with Crippen molar-refractivity contribution >= 4 is 16.9 Å². The predicted octanol–water partition coefficient (Wildman–Crippen LogP) is 2.61. The van der Waals surface area contributed by atoms with E-state index in [9.17, 15) is 9.59 Å². The minimum atomic E-state index is -0.556. The molecule has 0 saturated carbocycles. The summed E-state index contributed by atoms with van der Waals surface area (Å²) in [7, 11) is 4.38. The van der Waals surface area contributed by atoms with Crippen molar-refractivity contribution < 1.29 is 19.0 Å². The number of benzene rings is 2. The molecule has 0 saturated heterocycles. The molecule has 2 aromatic carbocycles. The lowest BCUT2D eigenvalue weighted by atomic mass is 10.1. The molecule has 4 aromatic rings. The van der Waals surface area contributed by atoms with Crippen LogP contribution in [0, 0.1) is 13.8 Å². The Morgan fingerprint density at radius 3 is 2.27 bits per heavy atom. The van der Waals surface area contributed by atoms with E-state index in [-0.39, 0.29) is 10.9 Å². The van der Waals surface area contributed by atoms with Crippen molar-refractivity contribution in [1.29, 1.82) is 0 Å². The van der Waals surface area contributed by atoms with Gasteiger partial charge in [-0.2, -0.15) is 5.10 Å². The SMILES string of the molecule is COc1cc(C(=O)Nn2cnc3c(cnn3-c3ccc(C)c(C)c3)c2=O)cc(OC)c1OC. The third kappa shape index (κ3) is 3.86. The highest BCUT2D eigenvalue weighted by atomic mass is 16.5. The zero-order chi connectivity index (χ0) is 23.7. The number of nitrogens with one attached hydrogen (secondary N) is 1. The van der Waals surface area contributed by atoms with E-state index in [1.54, 1.807) is 4.68 Å². The summed E-state index contributed by atoms with van der Waals surface area (Å²) >= 11 is 0. The largest absolute Gasteiger partial charge is 0.493 e. The van der Waals surface area contributed by atoms with Crippen LogP contribution in [0.25, 0.3) is 16.7 Å². The average Bonchev–Trinajstić information content (AvgIpc) is 3.26. The second-order valence-corrected chi connectivity index (χ2v) is 7.34. The molecule has 2 heterocycles. The van der Waals surface area contributed by atoms with Crippen molar-refractivity contribution in [2.24, 2.45) is 0 Å². The number of carbonyl (C=O) groups excluding carboxylic acids is 1. The van der Waals surface area contributed by atoms with Gasteiger partial charge in [-0.15, -0.1) is 0 Å². The number of ether oxygens (including phenoxy) is 3. The number of aryl methyl sites for hydroxylation is 2. The summed E-state index contributed by atoms with van der Waals surface area (Å²) in [5, 5.41) is 4.59. The van der Waals surface area contributed by atoms with Crippen LogP contribution in [0.2, 0.25) is 0 Å². The number of rotatable bonds is 6. The highest BCUT2D eigenvalue weighted by molar-refractivity contribution is 6.01. The summed E-state index contributed by atoms with van der Waals surface area (Å²) < 4.78 is 18.5. The number of nitrogens with zero attached hydrogens (tertiary/aromatic N) is 4. The van der Waals surface area contributed by atoms with E-state index in [0.717, 1.165) is 21.5 Å².